The van der Waals surface area contributed by atoms with Crippen LogP contribution in [-0.4, -0.2) is 69.4 Å². The number of quaternary nitrogens is 1. The van der Waals surface area contributed by atoms with Gasteiger partial charge in [-0.25, -0.2) is 0 Å². The van der Waals surface area contributed by atoms with Gasteiger partial charge in [0.2, 0.25) is 5.91 Å². The Bertz CT molecular complexity index is 1470. The van der Waals surface area contributed by atoms with Crippen molar-refractivity contribution in [3.63, 3.8) is 0 Å². The number of ether oxygens (including phenoxy) is 1. The van der Waals surface area contributed by atoms with E-state index in [1.54, 1.807) is 0 Å². The summed E-state index contributed by atoms with van der Waals surface area (Å²) in [5.74, 6) is -0.539. The summed E-state index contributed by atoms with van der Waals surface area (Å²) in [6, 6.07) is -0.887. The van der Waals surface area contributed by atoms with Crippen LogP contribution in [-0.2, 0) is 27.9 Å². The number of amides is 1. The number of nitrogens with one attached hydrogen (secondary N) is 1. The van der Waals surface area contributed by atoms with Gasteiger partial charge in [0.1, 0.15) is 19.3 Å². The summed E-state index contributed by atoms with van der Waals surface area (Å²) >= 11 is 0. The van der Waals surface area contributed by atoms with Gasteiger partial charge < -0.3 is 28.5 Å². The lowest BCUT2D eigenvalue weighted by Gasteiger charge is -2.30. The third kappa shape index (κ3) is 56.2. The van der Waals surface area contributed by atoms with Crippen LogP contribution in [0.15, 0.2) is 60.8 Å². The van der Waals surface area contributed by atoms with E-state index in [2.05, 4.69) is 74.7 Å². The fourth-order valence-corrected chi connectivity index (χ4v) is 9.76. The molecule has 3 atom stereocenters. The predicted octanol–water partition coefficient (Wildman–Crippen LogP) is 18.8. The molecule has 1 N–H and O–H groups in total. The van der Waals surface area contributed by atoms with Crippen LogP contribution >= 0.6 is 7.82 Å². The van der Waals surface area contributed by atoms with Crippen LogP contribution in [0, 0.1) is 0 Å². The average molecular weight is 1070 g/mol. The highest BCUT2D eigenvalue weighted by Gasteiger charge is 2.27. The van der Waals surface area contributed by atoms with Crippen molar-refractivity contribution in [2.45, 2.75) is 303 Å². The van der Waals surface area contributed by atoms with Gasteiger partial charge in [-0.05, 0) is 76.7 Å². The van der Waals surface area contributed by atoms with Crippen LogP contribution in [0.3, 0.4) is 0 Å². The van der Waals surface area contributed by atoms with Gasteiger partial charge in [0, 0.05) is 12.8 Å². The zero-order chi connectivity index (χ0) is 55.0. The molecular formula is C65H121N2O7P. The van der Waals surface area contributed by atoms with Crippen molar-refractivity contribution in [2.75, 3.05) is 40.9 Å². The Hall–Kier alpha value is -2.29. The van der Waals surface area contributed by atoms with Crippen molar-refractivity contribution in [3.05, 3.63) is 60.8 Å². The summed E-state index contributed by atoms with van der Waals surface area (Å²) in [6.07, 6.45) is 69.1. The highest BCUT2D eigenvalue weighted by molar-refractivity contribution is 7.45. The molecule has 0 aliphatic rings. The van der Waals surface area contributed by atoms with Crippen molar-refractivity contribution in [2.24, 2.45) is 0 Å². The predicted molar refractivity (Wildman–Crippen MR) is 321 cm³/mol. The first-order valence-electron chi connectivity index (χ1n) is 31.6. The number of phosphoric acid groups is 1. The third-order valence-corrected chi connectivity index (χ3v) is 14.9. The number of likely N-dealkylation sites (N-methyl/N-ethyl adjacent to an activating group) is 1. The molecule has 0 spiro atoms. The maximum absolute atomic E-state index is 13.5. The number of carbonyl (C=O) groups excluding carboxylic acids is 2. The molecule has 0 aromatic rings. The Morgan fingerprint density at radius 1 is 0.467 bits per heavy atom. The van der Waals surface area contributed by atoms with Crippen LogP contribution in [0.25, 0.3) is 0 Å². The van der Waals surface area contributed by atoms with Crippen molar-refractivity contribution in [3.8, 4) is 0 Å². The van der Waals surface area contributed by atoms with Gasteiger partial charge in [0.25, 0.3) is 7.82 Å². The second kappa shape index (κ2) is 55.0. The highest BCUT2D eigenvalue weighted by Crippen LogP contribution is 2.38. The number of phosphoric ester groups is 1. The number of esters is 1. The largest absolute Gasteiger partial charge is 0.756 e. The lowest BCUT2D eigenvalue weighted by Crippen LogP contribution is -2.47. The molecule has 0 aromatic carbocycles. The second-order valence-corrected chi connectivity index (χ2v) is 24.0. The van der Waals surface area contributed by atoms with Gasteiger partial charge in [-0.3, -0.25) is 14.2 Å². The first-order valence-corrected chi connectivity index (χ1v) is 33.1. The Labute approximate surface area is 464 Å². The summed E-state index contributed by atoms with van der Waals surface area (Å²) in [6.45, 7) is 6.81. The maximum atomic E-state index is 13.5. The maximum Gasteiger partial charge on any atom is 0.306 e. The smallest absolute Gasteiger partial charge is 0.306 e. The van der Waals surface area contributed by atoms with Gasteiger partial charge in [-0.15, -0.1) is 0 Å². The molecule has 9 nitrogen and oxygen atoms in total. The SMILES string of the molecule is CCCCC/C=C\C/C=C\C/C=C\C/C=C\CCCCCCCCCCCCCC(=O)NC(COP(=O)([O-])OCC[N+](C)(C)C)C(/C=C\CCCCCCCCCCC)OC(=O)CCCCCCCCCCCCC. The van der Waals surface area contributed by atoms with Gasteiger partial charge in [0.05, 0.1) is 33.8 Å². The van der Waals surface area contributed by atoms with E-state index in [4.69, 9.17) is 13.8 Å². The first-order chi connectivity index (χ1) is 36.4. The zero-order valence-electron chi connectivity index (χ0n) is 50.0. The zero-order valence-corrected chi connectivity index (χ0v) is 50.9. The molecule has 1 amide bonds. The monoisotopic (exact) mass is 1070 g/mol. The number of carbonyl (C=O) groups is 2. The van der Waals surface area contributed by atoms with E-state index >= 15 is 0 Å². The number of unbranched alkanes of at least 4 members (excludes halogenated alkanes) is 33. The third-order valence-electron chi connectivity index (χ3n) is 14.0. The van der Waals surface area contributed by atoms with Crippen LogP contribution in [0.1, 0.15) is 290 Å². The fourth-order valence-electron chi connectivity index (χ4n) is 9.04. The summed E-state index contributed by atoms with van der Waals surface area (Å²) in [4.78, 5) is 39.9. The molecule has 0 fully saturated rings. The first kappa shape index (κ1) is 72.7. The highest BCUT2D eigenvalue weighted by atomic mass is 31.2. The minimum atomic E-state index is -4.69. The van der Waals surface area contributed by atoms with Gasteiger partial charge in [0.15, 0.2) is 0 Å². The Kier molecular flexibility index (Phi) is 53.4. The van der Waals surface area contributed by atoms with Gasteiger partial charge in [-0.1, -0.05) is 262 Å². The standard InChI is InChI=1S/C65H121N2O7P/c1-7-10-13-16-19-22-25-26-27-28-29-30-31-32-33-34-35-36-37-38-39-40-43-45-48-51-54-57-64(68)66-62(61-73-75(70,71)72-60-59-67(4,5)6)63(56-53-50-47-44-41-23-20-17-14-11-8-2)74-65(69)58-55-52-49-46-42-24-21-18-15-12-9-3/h19,22,26-27,29-30,32-33,53,56,62-63H,7-18,20-21,23-25,28,31,34-52,54-55,57-61H2,1-6H3,(H-,66,68,70,71)/b22-19-,27-26-,30-29-,33-32-,56-53-. The molecule has 0 aliphatic heterocycles. The molecule has 0 aliphatic carbocycles. The normalized spacial score (nSPS) is 14.1. The molecule has 0 heterocycles. The van der Waals surface area contributed by atoms with Crippen LogP contribution in [0.2, 0.25) is 0 Å². The molecule has 0 saturated heterocycles. The second-order valence-electron chi connectivity index (χ2n) is 22.6. The molecule has 3 unspecified atom stereocenters. The van der Waals surface area contributed by atoms with Gasteiger partial charge >= 0.3 is 5.97 Å². The number of allylic oxidation sites excluding steroid dienone is 9. The average Bonchev–Trinajstić information content (AvgIpc) is 3.37. The van der Waals surface area contributed by atoms with Gasteiger partial charge in [-0.2, -0.15) is 0 Å². The molecule has 0 saturated carbocycles. The Morgan fingerprint density at radius 3 is 1.24 bits per heavy atom. The molecule has 0 aromatic heterocycles. The molecular weight excluding hydrogens is 952 g/mol. The number of hydrogen-bond acceptors (Lipinski definition) is 7. The fraction of sp³-hybridized carbons (Fsp3) is 0.815. The van der Waals surface area contributed by atoms with E-state index in [1.807, 2.05) is 33.3 Å². The van der Waals surface area contributed by atoms with Crippen molar-refractivity contribution in [1.82, 2.24) is 5.32 Å². The van der Waals surface area contributed by atoms with E-state index in [-0.39, 0.29) is 31.5 Å². The molecule has 0 bridgehead atoms. The minimum Gasteiger partial charge on any atom is -0.756 e. The van der Waals surface area contributed by atoms with Crippen molar-refractivity contribution >= 4 is 19.7 Å². The number of nitrogens with zero attached hydrogens (tertiary/aromatic N) is 1. The van der Waals surface area contributed by atoms with Crippen LogP contribution in [0.4, 0.5) is 0 Å². The van der Waals surface area contributed by atoms with Crippen LogP contribution in [0.5, 0.6) is 0 Å². The minimum absolute atomic E-state index is 0.0227. The molecule has 10 heteroatoms. The molecule has 0 rings (SSSR count). The van der Waals surface area contributed by atoms with E-state index < -0.39 is 20.0 Å². The quantitative estimate of drug-likeness (QED) is 0.0212. The molecule has 75 heavy (non-hydrogen) atoms. The summed E-state index contributed by atoms with van der Waals surface area (Å²) in [7, 11) is 1.19. The molecule has 438 valence electrons. The lowest BCUT2D eigenvalue weighted by atomic mass is 10.0. The van der Waals surface area contributed by atoms with E-state index in [1.165, 1.54) is 173 Å². The Balaban J connectivity index is 5.00. The number of hydrogen-bond donors (Lipinski definition) is 1. The van der Waals surface area contributed by atoms with Crippen molar-refractivity contribution < 1.29 is 37.3 Å². The van der Waals surface area contributed by atoms with Crippen molar-refractivity contribution in [1.29, 1.82) is 0 Å². The van der Waals surface area contributed by atoms with E-state index in [9.17, 15) is 19.0 Å². The number of rotatable bonds is 57. The van der Waals surface area contributed by atoms with Crippen LogP contribution < -0.4 is 10.2 Å². The summed E-state index contributed by atoms with van der Waals surface area (Å²) < 4.78 is 30.3. The van der Waals surface area contributed by atoms with E-state index in [0.717, 1.165) is 83.5 Å². The topological polar surface area (TPSA) is 114 Å². The Morgan fingerprint density at radius 2 is 0.813 bits per heavy atom. The van der Waals surface area contributed by atoms with E-state index in [0.29, 0.717) is 17.4 Å². The molecule has 0 radical (unpaired) electrons. The lowest BCUT2D eigenvalue weighted by molar-refractivity contribution is -0.870. The summed E-state index contributed by atoms with van der Waals surface area (Å²) in [5, 5.41) is 3.03. The summed E-state index contributed by atoms with van der Waals surface area (Å²) in [5.41, 5.74) is 0.